The topological polar surface area (TPSA) is 0 Å². The Morgan fingerprint density at radius 1 is 0.480 bits per heavy atom. The normalized spacial score (nSPS) is 11.2. The van der Waals surface area contributed by atoms with Crippen LogP contribution in [0, 0.1) is 0 Å². The lowest BCUT2D eigenvalue weighted by Gasteiger charge is -2.09. The highest BCUT2D eigenvalue weighted by molar-refractivity contribution is 5.90. The van der Waals surface area contributed by atoms with Crippen molar-refractivity contribution in [1.82, 2.24) is 0 Å². The van der Waals surface area contributed by atoms with Crippen molar-refractivity contribution in [3.05, 3.63) is 96.6 Å². The van der Waals surface area contributed by atoms with Crippen LogP contribution in [0.1, 0.15) is 25.3 Å². The standard InChI is InChI=1S/C25H22/c1-18(2)19-8-10-21(11-9-19)23-13-15-24-16-22(12-14-25(24)17-23)20-6-4-3-5-7-20/h3-18H,1-2H3. The summed E-state index contributed by atoms with van der Waals surface area (Å²) in [5.41, 5.74) is 6.46. The maximum atomic E-state index is 2.29. The van der Waals surface area contributed by atoms with Crippen molar-refractivity contribution in [3.8, 4) is 22.3 Å². The first-order valence-electron chi connectivity index (χ1n) is 8.90. The highest BCUT2D eigenvalue weighted by atomic mass is 14.1. The lowest BCUT2D eigenvalue weighted by Crippen LogP contribution is -1.87. The maximum Gasteiger partial charge on any atom is -0.0177 e. The van der Waals surface area contributed by atoms with Gasteiger partial charge in [0.25, 0.3) is 0 Å². The first kappa shape index (κ1) is 15.7. The molecule has 0 N–H and O–H groups in total. The summed E-state index contributed by atoms with van der Waals surface area (Å²) >= 11 is 0. The van der Waals surface area contributed by atoms with E-state index < -0.39 is 0 Å². The third-order valence-corrected chi connectivity index (χ3v) is 4.86. The summed E-state index contributed by atoms with van der Waals surface area (Å²) in [6.45, 7) is 4.46. The van der Waals surface area contributed by atoms with Crippen LogP contribution in [0.4, 0.5) is 0 Å². The van der Waals surface area contributed by atoms with E-state index >= 15 is 0 Å². The molecule has 0 aromatic heterocycles. The maximum absolute atomic E-state index is 2.29. The largest absolute Gasteiger partial charge is 0.0622 e. The van der Waals surface area contributed by atoms with Crippen LogP contribution in [-0.2, 0) is 0 Å². The third kappa shape index (κ3) is 3.21. The van der Waals surface area contributed by atoms with Gasteiger partial charge in [0, 0.05) is 0 Å². The van der Waals surface area contributed by atoms with Crippen LogP contribution in [0.5, 0.6) is 0 Å². The molecule has 0 atom stereocenters. The Hall–Kier alpha value is -2.86. The molecule has 4 aromatic rings. The van der Waals surface area contributed by atoms with Crippen LogP contribution >= 0.6 is 0 Å². The minimum atomic E-state index is 0.571. The van der Waals surface area contributed by atoms with Gasteiger partial charge >= 0.3 is 0 Å². The Balaban J connectivity index is 1.71. The fourth-order valence-corrected chi connectivity index (χ4v) is 3.30. The molecule has 0 aliphatic carbocycles. The number of rotatable bonds is 3. The van der Waals surface area contributed by atoms with Gasteiger partial charge in [-0.1, -0.05) is 92.7 Å². The molecule has 0 spiro atoms. The van der Waals surface area contributed by atoms with Crippen LogP contribution in [0.2, 0.25) is 0 Å². The molecule has 0 nitrogen and oxygen atoms in total. The van der Waals surface area contributed by atoms with Crippen molar-refractivity contribution in [2.75, 3.05) is 0 Å². The zero-order valence-corrected chi connectivity index (χ0v) is 14.7. The van der Waals surface area contributed by atoms with E-state index in [0.29, 0.717) is 5.92 Å². The number of benzene rings is 4. The molecule has 0 aliphatic rings. The van der Waals surface area contributed by atoms with Gasteiger partial charge in [-0.05, 0) is 56.6 Å². The minimum Gasteiger partial charge on any atom is -0.0622 e. The molecule has 122 valence electrons. The summed E-state index contributed by atoms with van der Waals surface area (Å²) < 4.78 is 0. The smallest absolute Gasteiger partial charge is 0.0177 e. The molecule has 0 unspecified atom stereocenters. The second kappa shape index (κ2) is 6.57. The average molecular weight is 322 g/mol. The lowest BCUT2D eigenvalue weighted by molar-refractivity contribution is 0.867. The molecule has 0 aliphatic heterocycles. The van der Waals surface area contributed by atoms with Crippen LogP contribution in [0.3, 0.4) is 0 Å². The minimum absolute atomic E-state index is 0.571. The number of fused-ring (bicyclic) bond motifs is 1. The summed E-state index contributed by atoms with van der Waals surface area (Å²) in [7, 11) is 0. The molecular weight excluding hydrogens is 300 g/mol. The van der Waals surface area contributed by atoms with Crippen molar-refractivity contribution in [2.24, 2.45) is 0 Å². The van der Waals surface area contributed by atoms with E-state index in [-0.39, 0.29) is 0 Å². The van der Waals surface area contributed by atoms with E-state index in [4.69, 9.17) is 0 Å². The van der Waals surface area contributed by atoms with E-state index in [9.17, 15) is 0 Å². The SMILES string of the molecule is CC(C)c1ccc(-c2ccc3cc(-c4ccccc4)ccc3c2)cc1. The van der Waals surface area contributed by atoms with Crippen molar-refractivity contribution >= 4 is 10.8 Å². The van der Waals surface area contributed by atoms with Crippen molar-refractivity contribution in [3.63, 3.8) is 0 Å². The van der Waals surface area contributed by atoms with Crippen molar-refractivity contribution < 1.29 is 0 Å². The van der Waals surface area contributed by atoms with Gasteiger partial charge in [0.05, 0.1) is 0 Å². The third-order valence-electron chi connectivity index (χ3n) is 4.86. The predicted octanol–water partition coefficient (Wildman–Crippen LogP) is 7.30. The van der Waals surface area contributed by atoms with Gasteiger partial charge in [0.2, 0.25) is 0 Å². The molecule has 0 heteroatoms. The molecule has 0 radical (unpaired) electrons. The van der Waals surface area contributed by atoms with E-state index in [0.717, 1.165) is 0 Å². The zero-order chi connectivity index (χ0) is 17.2. The fraction of sp³-hybridized carbons (Fsp3) is 0.120. The highest BCUT2D eigenvalue weighted by Crippen LogP contribution is 2.29. The second-order valence-electron chi connectivity index (χ2n) is 6.92. The molecule has 4 rings (SSSR count). The van der Waals surface area contributed by atoms with Gasteiger partial charge in [0.15, 0.2) is 0 Å². The van der Waals surface area contributed by atoms with Crippen molar-refractivity contribution in [2.45, 2.75) is 19.8 Å². The Kier molecular flexibility index (Phi) is 4.11. The fourth-order valence-electron chi connectivity index (χ4n) is 3.30. The van der Waals surface area contributed by atoms with Crippen LogP contribution in [0.25, 0.3) is 33.0 Å². The van der Waals surface area contributed by atoms with Crippen LogP contribution in [0.15, 0.2) is 91.0 Å². The van der Waals surface area contributed by atoms with E-state index in [1.807, 2.05) is 0 Å². The quantitative estimate of drug-likeness (QED) is 0.371. The summed E-state index contributed by atoms with van der Waals surface area (Å²) in [6.07, 6.45) is 0. The van der Waals surface area contributed by atoms with E-state index in [2.05, 4.69) is 105 Å². The first-order valence-corrected chi connectivity index (χ1v) is 8.90. The Bertz CT molecular complexity index is 993. The van der Waals surface area contributed by atoms with Gasteiger partial charge in [-0.15, -0.1) is 0 Å². The molecule has 25 heavy (non-hydrogen) atoms. The molecular formula is C25H22. The monoisotopic (exact) mass is 322 g/mol. The number of hydrogen-bond acceptors (Lipinski definition) is 0. The molecule has 0 amide bonds. The summed E-state index contributed by atoms with van der Waals surface area (Å²) in [5, 5.41) is 2.56. The molecule has 4 aromatic carbocycles. The molecule has 0 heterocycles. The summed E-state index contributed by atoms with van der Waals surface area (Å²) in [6, 6.07) is 32.9. The number of hydrogen-bond donors (Lipinski definition) is 0. The lowest BCUT2D eigenvalue weighted by atomic mass is 9.96. The molecule has 0 fully saturated rings. The van der Waals surface area contributed by atoms with Crippen LogP contribution < -0.4 is 0 Å². The van der Waals surface area contributed by atoms with Gasteiger partial charge in [-0.2, -0.15) is 0 Å². The zero-order valence-electron chi connectivity index (χ0n) is 14.7. The van der Waals surface area contributed by atoms with E-state index in [1.165, 1.54) is 38.6 Å². The Labute approximate surface area is 149 Å². The predicted molar refractivity (Wildman–Crippen MR) is 109 cm³/mol. The van der Waals surface area contributed by atoms with E-state index in [1.54, 1.807) is 0 Å². The molecule has 0 bridgehead atoms. The highest BCUT2D eigenvalue weighted by Gasteiger charge is 2.04. The average Bonchev–Trinajstić information content (AvgIpc) is 2.68. The second-order valence-corrected chi connectivity index (χ2v) is 6.92. The summed E-state index contributed by atoms with van der Waals surface area (Å²) in [5.74, 6) is 0.571. The van der Waals surface area contributed by atoms with Gasteiger partial charge in [-0.3, -0.25) is 0 Å². The van der Waals surface area contributed by atoms with Crippen molar-refractivity contribution in [1.29, 1.82) is 0 Å². The van der Waals surface area contributed by atoms with Crippen LogP contribution in [-0.4, -0.2) is 0 Å². The van der Waals surface area contributed by atoms with Gasteiger partial charge in [0.1, 0.15) is 0 Å². The first-order chi connectivity index (χ1) is 12.2. The Morgan fingerprint density at radius 3 is 1.48 bits per heavy atom. The Morgan fingerprint density at radius 2 is 0.960 bits per heavy atom. The summed E-state index contributed by atoms with van der Waals surface area (Å²) in [4.78, 5) is 0. The molecule has 0 saturated heterocycles. The van der Waals surface area contributed by atoms with Gasteiger partial charge in [-0.25, -0.2) is 0 Å². The molecule has 0 saturated carbocycles. The van der Waals surface area contributed by atoms with Gasteiger partial charge < -0.3 is 0 Å².